The Balaban J connectivity index is 1.78. The first-order valence-corrected chi connectivity index (χ1v) is 13.9. The first-order valence-electron chi connectivity index (χ1n) is 13.9. The van der Waals surface area contributed by atoms with Gasteiger partial charge in [-0.2, -0.15) is 0 Å². The van der Waals surface area contributed by atoms with Crippen LogP contribution in [0.25, 0.3) is 0 Å². The number of rotatable bonds is 5. The largest absolute Gasteiger partial charge is 0.472 e. The Bertz CT molecular complexity index is 1420. The maximum absolute atomic E-state index is 14.6. The topological polar surface area (TPSA) is 156 Å². The highest BCUT2D eigenvalue weighted by Gasteiger charge is 2.75. The summed E-state index contributed by atoms with van der Waals surface area (Å²) in [7, 11) is 1.14. The molecule has 1 N–H and O–H groups in total. The fourth-order valence-corrected chi connectivity index (χ4v) is 8.44. The first kappa shape index (κ1) is 29.8. The number of ether oxygens (including phenoxy) is 4. The lowest BCUT2D eigenvalue weighted by Crippen LogP contribution is -2.75. The monoisotopic (exact) mass is 584 g/mol. The summed E-state index contributed by atoms with van der Waals surface area (Å²) in [6.07, 6.45) is 2.93. The molecule has 5 rings (SSSR count). The average molecular weight is 585 g/mol. The van der Waals surface area contributed by atoms with Crippen LogP contribution in [0.1, 0.15) is 66.1 Å². The summed E-state index contributed by atoms with van der Waals surface area (Å²) in [4.78, 5) is 65.4. The molecule has 1 aromatic heterocycles. The molecule has 2 bridgehead atoms. The molecule has 0 aromatic carbocycles. The van der Waals surface area contributed by atoms with Gasteiger partial charge in [0, 0.05) is 47.6 Å². The lowest BCUT2D eigenvalue weighted by molar-refractivity contribution is -0.235. The third kappa shape index (κ3) is 4.00. The number of aliphatic hydroxyl groups is 1. The highest BCUT2D eigenvalue weighted by Crippen LogP contribution is 2.68. The van der Waals surface area contributed by atoms with Crippen molar-refractivity contribution in [2.75, 3.05) is 7.11 Å². The molecule has 11 nitrogen and oxygen atoms in total. The van der Waals surface area contributed by atoms with Crippen molar-refractivity contribution in [3.05, 3.63) is 47.5 Å². The highest BCUT2D eigenvalue weighted by molar-refractivity contribution is 6.00. The van der Waals surface area contributed by atoms with E-state index in [1.165, 1.54) is 24.7 Å². The van der Waals surface area contributed by atoms with Crippen LogP contribution in [0.5, 0.6) is 0 Å². The molecule has 8 atom stereocenters. The molecule has 11 heteroatoms. The van der Waals surface area contributed by atoms with Gasteiger partial charge in [-0.25, -0.2) is 9.59 Å². The van der Waals surface area contributed by atoms with E-state index in [4.69, 9.17) is 23.4 Å². The SMILES string of the molecule is COC(=O)C(OC(C)=O)C1C(C)(C)C(OC(C)=O)C2(O)C=C3C4=CC(=O)OC(c5ccoc5)C4(C)CCC3C1(C)C2=O. The van der Waals surface area contributed by atoms with Gasteiger partial charge >= 0.3 is 23.9 Å². The molecule has 1 aromatic rings. The molecular weight excluding hydrogens is 548 g/mol. The molecule has 0 spiro atoms. The van der Waals surface area contributed by atoms with Crippen LogP contribution in [0.4, 0.5) is 0 Å². The lowest BCUT2D eigenvalue weighted by Gasteiger charge is -2.65. The second-order valence-corrected chi connectivity index (χ2v) is 12.8. The van der Waals surface area contributed by atoms with E-state index in [-0.39, 0.29) is 0 Å². The van der Waals surface area contributed by atoms with Gasteiger partial charge in [0.05, 0.1) is 19.6 Å². The number of cyclic esters (lactones) is 1. The molecule has 42 heavy (non-hydrogen) atoms. The normalized spacial score (nSPS) is 37.1. The van der Waals surface area contributed by atoms with Crippen molar-refractivity contribution in [2.45, 2.75) is 78.3 Å². The number of methoxy groups -OCH3 is 1. The molecule has 0 radical (unpaired) electrons. The van der Waals surface area contributed by atoms with Gasteiger partial charge in [-0.3, -0.25) is 14.4 Å². The second-order valence-electron chi connectivity index (χ2n) is 12.8. The number of furan rings is 1. The summed E-state index contributed by atoms with van der Waals surface area (Å²) in [5.41, 5.74) is -4.16. The molecule has 4 aliphatic rings. The van der Waals surface area contributed by atoms with Crippen LogP contribution in [-0.2, 0) is 42.9 Å². The number of hydrogen-bond acceptors (Lipinski definition) is 11. The zero-order valence-corrected chi connectivity index (χ0v) is 24.7. The van der Waals surface area contributed by atoms with E-state index in [1.54, 1.807) is 26.8 Å². The molecule has 0 saturated heterocycles. The number of allylic oxidation sites excluding steroid dienone is 1. The van der Waals surface area contributed by atoms with Crippen molar-refractivity contribution < 1.29 is 52.4 Å². The Morgan fingerprint density at radius 2 is 1.79 bits per heavy atom. The molecule has 0 amide bonds. The van der Waals surface area contributed by atoms with Gasteiger partial charge < -0.3 is 28.5 Å². The van der Waals surface area contributed by atoms with E-state index < -0.39 is 81.7 Å². The number of esters is 4. The maximum atomic E-state index is 14.6. The number of ketones is 1. The van der Waals surface area contributed by atoms with Crippen molar-refractivity contribution in [3.8, 4) is 0 Å². The molecule has 226 valence electrons. The van der Waals surface area contributed by atoms with Crippen LogP contribution < -0.4 is 0 Å². The number of Topliss-reactive ketones (excluding diaryl/α,β-unsaturated/α-hetero) is 1. The molecule has 3 aliphatic carbocycles. The number of hydrogen-bond donors (Lipinski definition) is 1. The quantitative estimate of drug-likeness (QED) is 0.401. The van der Waals surface area contributed by atoms with E-state index in [9.17, 15) is 29.1 Å². The highest BCUT2D eigenvalue weighted by atomic mass is 16.6. The van der Waals surface area contributed by atoms with Crippen molar-refractivity contribution in [3.63, 3.8) is 0 Å². The van der Waals surface area contributed by atoms with Crippen LogP contribution in [0.15, 0.2) is 46.3 Å². The Hall–Kier alpha value is -3.73. The standard InChI is InChI=1S/C31H36O11/c1-15(32)40-22(25(35)38-7)23-28(3,4)27(41-16(2)33)31(37)13-18-19(30(23,6)26(31)36)8-10-29(5)20(18)12-21(34)42-24(29)17-9-11-39-14-17/h9,11-14,19,22-24,27,37H,8,10H2,1-7H3. The lowest BCUT2D eigenvalue weighted by atomic mass is 9.40. The summed E-state index contributed by atoms with van der Waals surface area (Å²) < 4.78 is 27.3. The zero-order chi connectivity index (χ0) is 31.0. The molecule has 8 unspecified atom stereocenters. The van der Waals surface area contributed by atoms with E-state index in [0.29, 0.717) is 29.6 Å². The van der Waals surface area contributed by atoms with Crippen LogP contribution in [0.2, 0.25) is 0 Å². The third-order valence-electron chi connectivity index (χ3n) is 9.96. The minimum Gasteiger partial charge on any atom is -0.472 e. The fraction of sp³-hybridized carbons (Fsp3) is 0.581. The van der Waals surface area contributed by atoms with Gasteiger partial charge in [0.2, 0.25) is 6.10 Å². The summed E-state index contributed by atoms with van der Waals surface area (Å²) in [5.74, 6) is -5.40. The summed E-state index contributed by atoms with van der Waals surface area (Å²) in [6, 6.07) is 1.72. The Morgan fingerprint density at radius 3 is 2.36 bits per heavy atom. The fourth-order valence-electron chi connectivity index (χ4n) is 8.44. The maximum Gasteiger partial charge on any atom is 0.347 e. The number of carbonyl (C=O) groups excluding carboxylic acids is 5. The first-order chi connectivity index (χ1) is 19.5. The smallest absolute Gasteiger partial charge is 0.347 e. The van der Waals surface area contributed by atoms with Gasteiger partial charge in [-0.1, -0.05) is 27.7 Å². The molecular formula is C31H36O11. The predicted octanol–water partition coefficient (Wildman–Crippen LogP) is 3.16. The number of carbonyl (C=O) groups is 5. The van der Waals surface area contributed by atoms with Gasteiger partial charge in [0.25, 0.3) is 0 Å². The van der Waals surface area contributed by atoms with Crippen molar-refractivity contribution in [1.82, 2.24) is 0 Å². The third-order valence-corrected chi connectivity index (χ3v) is 9.96. The van der Waals surface area contributed by atoms with Gasteiger partial charge in [-0.05, 0) is 42.0 Å². The van der Waals surface area contributed by atoms with E-state index in [1.807, 2.05) is 6.92 Å². The molecule has 2 fully saturated rings. The Labute approximate surface area is 243 Å². The summed E-state index contributed by atoms with van der Waals surface area (Å²) in [5, 5.41) is 12.3. The summed E-state index contributed by atoms with van der Waals surface area (Å²) >= 11 is 0. The molecule has 1 aliphatic heterocycles. The number of fused-ring (bicyclic) bond motifs is 6. The van der Waals surface area contributed by atoms with Gasteiger partial charge in [0.1, 0.15) is 12.2 Å². The van der Waals surface area contributed by atoms with Gasteiger partial charge in [0.15, 0.2) is 11.4 Å². The molecule has 2 saturated carbocycles. The van der Waals surface area contributed by atoms with Crippen LogP contribution in [0, 0.1) is 28.1 Å². The Morgan fingerprint density at radius 1 is 1.10 bits per heavy atom. The Kier molecular flexibility index (Phi) is 6.84. The van der Waals surface area contributed by atoms with Crippen LogP contribution in [-0.4, -0.2) is 59.7 Å². The minimum absolute atomic E-state index is 0.405. The minimum atomic E-state index is -2.32. The predicted molar refractivity (Wildman–Crippen MR) is 143 cm³/mol. The van der Waals surface area contributed by atoms with Crippen molar-refractivity contribution in [1.29, 1.82) is 0 Å². The van der Waals surface area contributed by atoms with Crippen molar-refractivity contribution in [2.24, 2.45) is 28.1 Å². The zero-order valence-electron chi connectivity index (χ0n) is 24.7. The van der Waals surface area contributed by atoms with Gasteiger partial charge in [-0.15, -0.1) is 0 Å². The van der Waals surface area contributed by atoms with Crippen LogP contribution >= 0.6 is 0 Å². The van der Waals surface area contributed by atoms with Crippen LogP contribution in [0.3, 0.4) is 0 Å². The van der Waals surface area contributed by atoms with E-state index in [0.717, 1.165) is 21.0 Å². The molecule has 2 heterocycles. The second kappa shape index (κ2) is 9.65. The van der Waals surface area contributed by atoms with Crippen molar-refractivity contribution >= 4 is 29.7 Å². The average Bonchev–Trinajstić information content (AvgIpc) is 3.43. The van der Waals surface area contributed by atoms with E-state index in [2.05, 4.69) is 0 Å². The van der Waals surface area contributed by atoms with E-state index >= 15 is 0 Å². The summed E-state index contributed by atoms with van der Waals surface area (Å²) in [6.45, 7) is 9.22.